The maximum atomic E-state index is 9.80. The molecule has 17 heavy (non-hydrogen) atoms. The molecule has 0 saturated carbocycles. The van der Waals surface area contributed by atoms with Crippen LogP contribution < -0.4 is 4.90 Å². The van der Waals surface area contributed by atoms with Crippen LogP contribution in [0.4, 0.5) is 5.82 Å². The highest BCUT2D eigenvalue weighted by atomic mass is 16.3. The van der Waals surface area contributed by atoms with Crippen LogP contribution in [0.1, 0.15) is 46.3 Å². The smallest absolute Gasteiger partial charge is 0.134 e. The molecule has 0 radical (unpaired) electrons. The van der Waals surface area contributed by atoms with E-state index in [-0.39, 0.29) is 0 Å². The predicted octanol–water partition coefficient (Wildman–Crippen LogP) is 3.01. The molecule has 1 aromatic rings. The summed E-state index contributed by atoms with van der Waals surface area (Å²) in [6.07, 6.45) is 1.31. The van der Waals surface area contributed by atoms with Crippen molar-refractivity contribution in [2.45, 2.75) is 46.8 Å². The van der Waals surface area contributed by atoms with Crippen molar-refractivity contribution in [2.24, 2.45) is 5.92 Å². The van der Waals surface area contributed by atoms with Gasteiger partial charge in [0.25, 0.3) is 0 Å². The van der Waals surface area contributed by atoms with Crippen LogP contribution in [0.3, 0.4) is 0 Å². The Morgan fingerprint density at radius 1 is 1.24 bits per heavy atom. The Bertz CT molecular complexity index is 348. The summed E-state index contributed by atoms with van der Waals surface area (Å²) in [6, 6.07) is 4.20. The normalized spacial score (nSPS) is 13.2. The molecule has 0 saturated heterocycles. The molecule has 0 aliphatic carbocycles. The van der Waals surface area contributed by atoms with E-state index in [2.05, 4.69) is 37.6 Å². The van der Waals surface area contributed by atoms with Gasteiger partial charge in [-0.3, -0.25) is 0 Å². The Kier molecular flexibility index (Phi) is 4.94. The fraction of sp³-hybridized carbons (Fsp3) is 0.643. The van der Waals surface area contributed by atoms with Gasteiger partial charge in [0, 0.05) is 24.3 Å². The highest BCUT2D eigenvalue weighted by Crippen LogP contribution is 2.25. The van der Waals surface area contributed by atoms with E-state index >= 15 is 0 Å². The average Bonchev–Trinajstić information content (AvgIpc) is 2.25. The predicted molar refractivity (Wildman–Crippen MR) is 72.2 cm³/mol. The number of rotatable bonds is 5. The summed E-state index contributed by atoms with van der Waals surface area (Å²) in [6.45, 7) is 11.4. The van der Waals surface area contributed by atoms with Gasteiger partial charge in [-0.25, -0.2) is 4.98 Å². The molecule has 1 atom stereocenters. The summed E-state index contributed by atoms with van der Waals surface area (Å²) >= 11 is 0. The first-order valence-corrected chi connectivity index (χ1v) is 6.33. The molecule has 0 bridgehead atoms. The van der Waals surface area contributed by atoms with Crippen LogP contribution in [0, 0.1) is 5.92 Å². The van der Waals surface area contributed by atoms with E-state index in [9.17, 15) is 5.11 Å². The van der Waals surface area contributed by atoms with Gasteiger partial charge >= 0.3 is 0 Å². The Labute approximate surface area is 104 Å². The maximum Gasteiger partial charge on any atom is 0.134 e. The molecular weight excluding hydrogens is 212 g/mol. The first-order chi connectivity index (χ1) is 7.93. The second kappa shape index (κ2) is 6.01. The number of nitrogens with zero attached hydrogens (tertiary/aromatic N) is 2. The van der Waals surface area contributed by atoms with Crippen molar-refractivity contribution in [1.82, 2.24) is 4.98 Å². The first kappa shape index (κ1) is 14.0. The zero-order valence-electron chi connectivity index (χ0n) is 11.5. The van der Waals surface area contributed by atoms with Crippen molar-refractivity contribution >= 4 is 5.82 Å². The lowest BCUT2D eigenvalue weighted by Gasteiger charge is -2.31. The molecular formula is C14H24N2O. The minimum absolute atomic E-state index is 0.379. The highest BCUT2D eigenvalue weighted by Gasteiger charge is 2.18. The van der Waals surface area contributed by atoms with Gasteiger partial charge in [-0.2, -0.15) is 0 Å². The van der Waals surface area contributed by atoms with Crippen molar-refractivity contribution in [3.8, 4) is 0 Å². The van der Waals surface area contributed by atoms with Crippen molar-refractivity contribution < 1.29 is 5.11 Å². The monoisotopic (exact) mass is 236 g/mol. The molecule has 0 fully saturated rings. The second-order valence-corrected chi connectivity index (χ2v) is 5.23. The summed E-state index contributed by atoms with van der Waals surface area (Å²) in [5.74, 6) is 1.48. The molecule has 96 valence electrons. The lowest BCUT2D eigenvalue weighted by atomic mass is 10.1. The van der Waals surface area contributed by atoms with Crippen LogP contribution in [0.15, 0.2) is 18.3 Å². The fourth-order valence-electron chi connectivity index (χ4n) is 1.91. The Morgan fingerprint density at radius 3 is 2.35 bits per heavy atom. The lowest BCUT2D eigenvalue weighted by molar-refractivity contribution is 0.199. The first-order valence-electron chi connectivity index (χ1n) is 6.33. The fourth-order valence-corrected chi connectivity index (χ4v) is 1.91. The van der Waals surface area contributed by atoms with Gasteiger partial charge in [0.1, 0.15) is 5.82 Å². The van der Waals surface area contributed by atoms with Crippen LogP contribution in [0.2, 0.25) is 0 Å². The Hall–Kier alpha value is -1.09. The van der Waals surface area contributed by atoms with Gasteiger partial charge in [0.15, 0.2) is 0 Å². The molecule has 1 aromatic heterocycles. The van der Waals surface area contributed by atoms with Crippen LogP contribution in [-0.2, 0) is 0 Å². The quantitative estimate of drug-likeness (QED) is 0.853. The molecule has 0 amide bonds. The lowest BCUT2D eigenvalue weighted by Crippen LogP contribution is -2.35. The van der Waals surface area contributed by atoms with Crippen LogP contribution in [0.5, 0.6) is 0 Å². The topological polar surface area (TPSA) is 36.4 Å². The number of pyridine rings is 1. The number of anilines is 1. The zero-order valence-corrected chi connectivity index (χ0v) is 11.5. The van der Waals surface area contributed by atoms with E-state index < -0.39 is 6.10 Å². The molecule has 0 spiro atoms. The minimum Gasteiger partial charge on any atom is -0.389 e. The number of aliphatic hydroxyl groups is 1. The van der Waals surface area contributed by atoms with Gasteiger partial charge in [-0.05, 0) is 32.8 Å². The van der Waals surface area contributed by atoms with E-state index in [1.165, 1.54) is 0 Å². The van der Waals surface area contributed by atoms with Crippen molar-refractivity contribution in [1.29, 1.82) is 0 Å². The van der Waals surface area contributed by atoms with E-state index in [0.717, 1.165) is 17.9 Å². The van der Waals surface area contributed by atoms with Crippen LogP contribution >= 0.6 is 0 Å². The minimum atomic E-state index is -0.480. The van der Waals surface area contributed by atoms with Crippen LogP contribution in [-0.4, -0.2) is 22.7 Å². The third kappa shape index (κ3) is 3.70. The van der Waals surface area contributed by atoms with E-state index in [1.807, 2.05) is 12.1 Å². The number of hydrogen-bond donors (Lipinski definition) is 1. The third-order valence-corrected chi connectivity index (χ3v) is 2.72. The second-order valence-electron chi connectivity index (χ2n) is 5.23. The van der Waals surface area contributed by atoms with Crippen molar-refractivity contribution in [3.05, 3.63) is 23.9 Å². The summed E-state index contributed by atoms with van der Waals surface area (Å²) in [5, 5.41) is 9.80. The molecule has 3 heteroatoms. The number of hydrogen-bond acceptors (Lipinski definition) is 3. The van der Waals surface area contributed by atoms with Gasteiger partial charge < -0.3 is 10.0 Å². The van der Waals surface area contributed by atoms with Gasteiger partial charge in [-0.15, -0.1) is 0 Å². The van der Waals surface area contributed by atoms with Gasteiger partial charge in [0.2, 0.25) is 0 Å². The molecule has 1 heterocycles. The largest absolute Gasteiger partial charge is 0.389 e. The summed E-state index contributed by atoms with van der Waals surface area (Å²) < 4.78 is 0. The van der Waals surface area contributed by atoms with E-state index in [1.54, 1.807) is 13.1 Å². The van der Waals surface area contributed by atoms with Gasteiger partial charge in [0.05, 0.1) is 6.10 Å². The molecule has 0 aliphatic rings. The maximum absolute atomic E-state index is 9.80. The molecule has 3 nitrogen and oxygen atoms in total. The zero-order chi connectivity index (χ0) is 13.0. The molecule has 1 N–H and O–H groups in total. The Balaban J connectivity index is 3.09. The molecule has 0 aromatic carbocycles. The number of aromatic nitrogens is 1. The third-order valence-electron chi connectivity index (χ3n) is 2.72. The molecule has 1 rings (SSSR count). The number of aliphatic hydroxyl groups excluding tert-OH is 1. The Morgan fingerprint density at radius 2 is 1.88 bits per heavy atom. The van der Waals surface area contributed by atoms with E-state index in [0.29, 0.717) is 12.0 Å². The standard InChI is InChI=1S/C14H24N2O/c1-10(2)9-16(11(3)4)14-13(12(5)17)7-6-8-15-14/h6-8,10-12,17H,9H2,1-5H3/t12-/m1/s1. The molecule has 0 unspecified atom stereocenters. The van der Waals surface area contributed by atoms with Crippen LogP contribution in [0.25, 0.3) is 0 Å². The SMILES string of the molecule is CC(C)CN(c1ncccc1[C@@H](C)O)C(C)C. The summed E-state index contributed by atoms with van der Waals surface area (Å²) in [7, 11) is 0. The van der Waals surface area contributed by atoms with Crippen molar-refractivity contribution in [2.75, 3.05) is 11.4 Å². The molecule has 0 aliphatic heterocycles. The average molecular weight is 236 g/mol. The van der Waals surface area contributed by atoms with Crippen molar-refractivity contribution in [3.63, 3.8) is 0 Å². The van der Waals surface area contributed by atoms with Gasteiger partial charge in [-0.1, -0.05) is 19.9 Å². The summed E-state index contributed by atoms with van der Waals surface area (Å²) in [4.78, 5) is 6.70. The van der Waals surface area contributed by atoms with E-state index in [4.69, 9.17) is 0 Å². The highest BCUT2D eigenvalue weighted by molar-refractivity contribution is 5.48. The summed E-state index contributed by atoms with van der Waals surface area (Å²) in [5.41, 5.74) is 0.904.